The molecule has 1 aliphatic rings. The van der Waals surface area contributed by atoms with E-state index in [-0.39, 0.29) is 10.8 Å². The fourth-order valence-corrected chi connectivity index (χ4v) is 4.44. The van der Waals surface area contributed by atoms with Gasteiger partial charge in [-0.25, -0.2) is 0 Å². The minimum Gasteiger partial charge on any atom is -0.492 e. The Kier molecular flexibility index (Phi) is 7.04. The molecule has 1 heterocycles. The van der Waals surface area contributed by atoms with Crippen LogP contribution in [-0.2, 0) is 5.41 Å². The van der Waals surface area contributed by atoms with E-state index in [1.54, 1.807) is 18.2 Å². The minimum absolute atomic E-state index is 0.0557. The van der Waals surface area contributed by atoms with E-state index in [1.807, 2.05) is 36.4 Å². The van der Waals surface area contributed by atoms with E-state index in [0.29, 0.717) is 34.8 Å². The summed E-state index contributed by atoms with van der Waals surface area (Å²) in [6, 6.07) is 13.4. The van der Waals surface area contributed by atoms with Gasteiger partial charge in [0.05, 0.1) is 18.3 Å². The summed E-state index contributed by atoms with van der Waals surface area (Å²) in [6.07, 6.45) is 10.1. The van der Waals surface area contributed by atoms with Gasteiger partial charge in [-0.2, -0.15) is 0 Å². The maximum atomic E-state index is 13.2. The monoisotopic (exact) mass is 446 g/mol. The maximum Gasteiger partial charge on any atom is 0.203 e. The highest BCUT2D eigenvalue weighted by molar-refractivity contribution is 5.85. The molecule has 174 valence electrons. The number of aliphatic hydroxyl groups is 1. The first kappa shape index (κ1) is 23.3. The van der Waals surface area contributed by atoms with Crippen molar-refractivity contribution in [3.63, 3.8) is 0 Å². The van der Waals surface area contributed by atoms with Crippen LogP contribution in [0.25, 0.3) is 17.0 Å². The van der Waals surface area contributed by atoms with Crippen LogP contribution in [0.15, 0.2) is 64.0 Å². The van der Waals surface area contributed by atoms with Crippen molar-refractivity contribution >= 4 is 17.0 Å². The second-order valence-corrected chi connectivity index (χ2v) is 10.1. The van der Waals surface area contributed by atoms with Gasteiger partial charge in [-0.3, -0.25) is 4.79 Å². The zero-order valence-corrected chi connectivity index (χ0v) is 19.8. The first-order chi connectivity index (χ1) is 15.8. The standard InChI is InChI=1S/C29H34O4/c1-29(2,3)23-15-12-21(13-16-23)24(30)17-14-22-19-33-26-11-7-10-25(27(26)28(22)31)32-18-20-8-5-4-6-9-20/h7,10-17,19-20,24,30H,4-6,8-9,18H2,1-3H3/b17-14+. The predicted octanol–water partition coefficient (Wildman–Crippen LogP) is 6.80. The van der Waals surface area contributed by atoms with Crippen molar-refractivity contribution < 1.29 is 14.3 Å². The van der Waals surface area contributed by atoms with Crippen molar-refractivity contribution in [2.24, 2.45) is 5.92 Å². The molecule has 2 aromatic carbocycles. The lowest BCUT2D eigenvalue weighted by Crippen LogP contribution is -2.16. The van der Waals surface area contributed by atoms with Crippen molar-refractivity contribution in [3.05, 3.63) is 81.7 Å². The van der Waals surface area contributed by atoms with Crippen LogP contribution in [0.2, 0.25) is 0 Å². The van der Waals surface area contributed by atoms with Crippen LogP contribution < -0.4 is 10.2 Å². The predicted molar refractivity (Wildman–Crippen MR) is 134 cm³/mol. The fraction of sp³-hybridized carbons (Fsp3) is 0.414. The van der Waals surface area contributed by atoms with Gasteiger partial charge in [-0.1, -0.05) is 76.4 Å². The molecular formula is C29H34O4. The van der Waals surface area contributed by atoms with Crippen LogP contribution in [0.1, 0.15) is 75.7 Å². The number of hydrogen-bond donors (Lipinski definition) is 1. The molecule has 3 aromatic rings. The second kappa shape index (κ2) is 9.96. The number of fused-ring (bicyclic) bond motifs is 1. The van der Waals surface area contributed by atoms with Gasteiger partial charge in [0, 0.05) is 0 Å². The highest BCUT2D eigenvalue weighted by atomic mass is 16.5. The third-order valence-electron chi connectivity index (χ3n) is 6.57. The average Bonchev–Trinajstić information content (AvgIpc) is 2.82. The molecule has 33 heavy (non-hydrogen) atoms. The molecule has 4 heteroatoms. The Hall–Kier alpha value is -2.85. The molecule has 4 nitrogen and oxygen atoms in total. The molecule has 1 unspecified atom stereocenters. The Morgan fingerprint density at radius 2 is 1.82 bits per heavy atom. The second-order valence-electron chi connectivity index (χ2n) is 10.1. The average molecular weight is 447 g/mol. The normalized spacial score (nSPS) is 16.4. The molecule has 1 aliphatic carbocycles. The summed E-state index contributed by atoms with van der Waals surface area (Å²) in [5.74, 6) is 1.12. The fourth-order valence-electron chi connectivity index (χ4n) is 4.44. The molecule has 0 aliphatic heterocycles. The summed E-state index contributed by atoms with van der Waals surface area (Å²) < 4.78 is 11.8. The Morgan fingerprint density at radius 1 is 1.09 bits per heavy atom. The summed E-state index contributed by atoms with van der Waals surface area (Å²) in [5, 5.41) is 11.1. The van der Waals surface area contributed by atoms with Gasteiger partial charge in [0.2, 0.25) is 5.43 Å². The largest absolute Gasteiger partial charge is 0.492 e. The van der Waals surface area contributed by atoms with Crippen LogP contribution >= 0.6 is 0 Å². The van der Waals surface area contributed by atoms with Crippen LogP contribution in [0.5, 0.6) is 5.75 Å². The van der Waals surface area contributed by atoms with Crippen molar-refractivity contribution in [1.29, 1.82) is 0 Å². The van der Waals surface area contributed by atoms with Crippen LogP contribution in [0.3, 0.4) is 0 Å². The van der Waals surface area contributed by atoms with E-state index in [0.717, 1.165) is 5.56 Å². The first-order valence-electron chi connectivity index (χ1n) is 12.0. The molecular weight excluding hydrogens is 412 g/mol. The van der Waals surface area contributed by atoms with E-state index in [9.17, 15) is 9.90 Å². The third kappa shape index (κ3) is 5.56. The van der Waals surface area contributed by atoms with E-state index in [1.165, 1.54) is 43.9 Å². The number of benzene rings is 2. The number of aliphatic hydroxyl groups excluding tert-OH is 1. The molecule has 4 rings (SSSR count). The molecule has 1 atom stereocenters. The number of ether oxygens (including phenoxy) is 1. The van der Waals surface area contributed by atoms with E-state index >= 15 is 0 Å². The van der Waals surface area contributed by atoms with Crippen molar-refractivity contribution in [2.45, 2.75) is 64.4 Å². The zero-order valence-electron chi connectivity index (χ0n) is 19.8. The van der Waals surface area contributed by atoms with Gasteiger partial charge in [-0.05, 0) is 53.5 Å². The lowest BCUT2D eigenvalue weighted by molar-refractivity contribution is 0.210. The molecule has 0 spiro atoms. The quantitative estimate of drug-likeness (QED) is 0.452. The Bertz CT molecular complexity index is 1160. The molecule has 0 radical (unpaired) electrons. The number of hydrogen-bond acceptors (Lipinski definition) is 4. The molecule has 1 aromatic heterocycles. The van der Waals surface area contributed by atoms with Gasteiger partial charge >= 0.3 is 0 Å². The number of rotatable bonds is 6. The summed E-state index contributed by atoms with van der Waals surface area (Å²) >= 11 is 0. The van der Waals surface area contributed by atoms with Crippen LogP contribution in [0, 0.1) is 5.92 Å². The van der Waals surface area contributed by atoms with Gasteiger partial charge in [0.1, 0.15) is 23.0 Å². The lowest BCUT2D eigenvalue weighted by Gasteiger charge is -2.21. The molecule has 0 amide bonds. The summed E-state index contributed by atoms with van der Waals surface area (Å²) in [4.78, 5) is 13.2. The highest BCUT2D eigenvalue weighted by Gasteiger charge is 2.17. The minimum atomic E-state index is -0.813. The van der Waals surface area contributed by atoms with Crippen molar-refractivity contribution in [2.75, 3.05) is 6.61 Å². The molecule has 0 bridgehead atoms. The summed E-state index contributed by atoms with van der Waals surface area (Å²) in [7, 11) is 0. The molecule has 1 N–H and O–H groups in total. The van der Waals surface area contributed by atoms with E-state index < -0.39 is 6.10 Å². The Labute approximate surface area is 195 Å². The molecule has 0 saturated heterocycles. The van der Waals surface area contributed by atoms with Gasteiger partial charge < -0.3 is 14.3 Å². The van der Waals surface area contributed by atoms with E-state index in [4.69, 9.17) is 9.15 Å². The SMILES string of the molecule is CC(C)(C)c1ccc(C(O)/C=C/c2coc3cccc(OCC4CCCCC4)c3c2=O)cc1. The van der Waals surface area contributed by atoms with Crippen molar-refractivity contribution in [1.82, 2.24) is 0 Å². The topological polar surface area (TPSA) is 59.7 Å². The summed E-state index contributed by atoms with van der Waals surface area (Å²) in [6.45, 7) is 7.10. The van der Waals surface area contributed by atoms with Crippen molar-refractivity contribution in [3.8, 4) is 5.75 Å². The Morgan fingerprint density at radius 3 is 2.52 bits per heavy atom. The highest BCUT2D eigenvalue weighted by Crippen LogP contribution is 2.28. The molecule has 1 saturated carbocycles. The zero-order chi connectivity index (χ0) is 23.4. The van der Waals surface area contributed by atoms with Crippen LogP contribution in [0.4, 0.5) is 0 Å². The smallest absolute Gasteiger partial charge is 0.203 e. The first-order valence-corrected chi connectivity index (χ1v) is 12.0. The molecule has 1 fully saturated rings. The Balaban J connectivity index is 1.54. The lowest BCUT2D eigenvalue weighted by atomic mass is 9.86. The van der Waals surface area contributed by atoms with Gasteiger partial charge in [-0.15, -0.1) is 0 Å². The maximum absolute atomic E-state index is 13.2. The third-order valence-corrected chi connectivity index (χ3v) is 6.57. The van der Waals surface area contributed by atoms with Gasteiger partial charge in [0.15, 0.2) is 0 Å². The summed E-state index contributed by atoms with van der Waals surface area (Å²) in [5.41, 5.74) is 2.79. The van der Waals surface area contributed by atoms with E-state index in [2.05, 4.69) is 20.8 Å². The van der Waals surface area contributed by atoms with Gasteiger partial charge in [0.25, 0.3) is 0 Å². The van der Waals surface area contributed by atoms with Crippen LogP contribution in [-0.4, -0.2) is 11.7 Å².